The smallest absolute Gasteiger partial charge is 0.377 e. The van der Waals surface area contributed by atoms with Crippen molar-refractivity contribution in [2.75, 3.05) is 19.8 Å². The minimum absolute atomic E-state index is 0.580. The average molecular weight is 431 g/mol. The van der Waals surface area contributed by atoms with Crippen molar-refractivity contribution in [3.63, 3.8) is 0 Å². The minimum atomic E-state index is -2.97. The molecule has 2 aromatic rings. The summed E-state index contributed by atoms with van der Waals surface area (Å²) in [7, 11) is -7.69. The third kappa shape index (κ3) is 3.90. The van der Waals surface area contributed by atoms with Crippen molar-refractivity contribution in [2.45, 2.75) is 33.9 Å². The molecule has 1 atom stereocenters. The van der Waals surface area contributed by atoms with Crippen LogP contribution in [0.2, 0.25) is 13.1 Å². The van der Waals surface area contributed by atoms with E-state index in [1.54, 1.807) is 0 Å². The second-order valence-corrected chi connectivity index (χ2v) is 27.9. The maximum absolute atomic E-state index is 6.48. The van der Waals surface area contributed by atoms with Crippen molar-refractivity contribution >= 4 is 33.4 Å². The molecule has 0 saturated carbocycles. The molecule has 0 aliphatic heterocycles. The molecule has 0 aliphatic carbocycles. The first-order valence-electron chi connectivity index (χ1n) is 10.1. The van der Waals surface area contributed by atoms with Crippen LogP contribution in [-0.2, 0) is 13.3 Å². The molecule has 2 aromatic carbocycles. The Morgan fingerprint density at radius 1 is 0.714 bits per heavy atom. The fraction of sp³-hybridized carbons (Fsp3) is 0.364. The maximum Gasteiger partial charge on any atom is 0.472 e. The van der Waals surface area contributed by atoms with E-state index in [1.807, 2.05) is 20.8 Å². The molecule has 0 aliphatic rings. The van der Waals surface area contributed by atoms with Crippen LogP contribution in [0.1, 0.15) is 20.8 Å². The molecule has 0 aromatic heterocycles. The summed E-state index contributed by atoms with van der Waals surface area (Å²) in [6.07, 6.45) is 0. The van der Waals surface area contributed by atoms with Gasteiger partial charge < -0.3 is 13.3 Å². The summed E-state index contributed by atoms with van der Waals surface area (Å²) in [6.45, 7) is 17.0. The lowest BCUT2D eigenvalue weighted by atomic mass is 10.4. The van der Waals surface area contributed by atoms with Crippen LogP contribution in [0.3, 0.4) is 0 Å². The molecule has 0 bridgehead atoms. The van der Waals surface area contributed by atoms with Gasteiger partial charge in [0.1, 0.15) is 7.59 Å². The monoisotopic (exact) mass is 430 g/mol. The SMILES string of the molecule is C=C[Si](C)([Si](OCC)(OCC)OCC)[Si](C)(c1ccccc1)c1ccccc1. The highest BCUT2D eigenvalue weighted by atomic mass is 29.7. The van der Waals surface area contributed by atoms with Gasteiger partial charge in [-0.1, -0.05) is 89.8 Å². The van der Waals surface area contributed by atoms with Crippen molar-refractivity contribution in [3.05, 3.63) is 72.9 Å². The third-order valence-electron chi connectivity index (χ3n) is 5.79. The van der Waals surface area contributed by atoms with E-state index in [1.165, 1.54) is 10.4 Å². The highest BCUT2D eigenvalue weighted by Crippen LogP contribution is 2.33. The predicted molar refractivity (Wildman–Crippen MR) is 126 cm³/mol. The molecule has 6 heteroatoms. The number of benzene rings is 2. The molecular weight excluding hydrogens is 396 g/mol. The standard InChI is InChI=1S/C22H34O3Si3/c1-7-23-28(24-8-2,25-9-3)26(5,10-4)27(6,21-17-13-11-14-18-21)22-19-15-12-16-20-22/h10-20H,4,7-9H2,1-3,5-6H3. The topological polar surface area (TPSA) is 27.7 Å². The normalized spacial score (nSPS) is 14.5. The fourth-order valence-corrected chi connectivity index (χ4v) is 33.4. The van der Waals surface area contributed by atoms with Gasteiger partial charge in [0, 0.05) is 19.8 Å². The molecule has 28 heavy (non-hydrogen) atoms. The molecule has 1 unspecified atom stereocenters. The molecule has 3 nitrogen and oxygen atoms in total. The Labute approximate surface area is 173 Å². The van der Waals surface area contributed by atoms with Gasteiger partial charge in [-0.15, -0.1) is 6.58 Å². The van der Waals surface area contributed by atoms with Crippen molar-refractivity contribution < 1.29 is 13.3 Å². The third-order valence-corrected chi connectivity index (χ3v) is 36.5. The van der Waals surface area contributed by atoms with Crippen LogP contribution in [0.4, 0.5) is 0 Å². The van der Waals surface area contributed by atoms with Gasteiger partial charge in [-0.3, -0.25) is 0 Å². The van der Waals surface area contributed by atoms with Crippen LogP contribution in [0.5, 0.6) is 0 Å². The average Bonchev–Trinajstić information content (AvgIpc) is 2.74. The van der Waals surface area contributed by atoms with Gasteiger partial charge in [0.2, 0.25) is 0 Å². The van der Waals surface area contributed by atoms with Crippen LogP contribution in [0.25, 0.3) is 0 Å². The number of rotatable bonds is 11. The summed E-state index contributed by atoms with van der Waals surface area (Å²) in [5, 5.41) is 2.76. The van der Waals surface area contributed by atoms with E-state index in [0.717, 1.165) is 0 Å². The summed E-state index contributed by atoms with van der Waals surface area (Å²) >= 11 is 0. The van der Waals surface area contributed by atoms with E-state index in [9.17, 15) is 0 Å². The van der Waals surface area contributed by atoms with Crippen molar-refractivity contribution in [2.24, 2.45) is 0 Å². The molecule has 0 saturated heterocycles. The lowest BCUT2D eigenvalue weighted by Crippen LogP contribution is -2.85. The second-order valence-electron chi connectivity index (χ2n) is 7.12. The highest BCUT2D eigenvalue weighted by molar-refractivity contribution is 7.72. The zero-order valence-corrected chi connectivity index (χ0v) is 20.9. The van der Waals surface area contributed by atoms with Crippen LogP contribution in [0, 0.1) is 0 Å². The molecule has 0 fully saturated rings. The van der Waals surface area contributed by atoms with Crippen molar-refractivity contribution in [3.8, 4) is 0 Å². The summed E-state index contributed by atoms with van der Waals surface area (Å²) in [5.41, 5.74) is 2.19. The Kier molecular flexibility index (Phi) is 8.18. The first-order valence-corrected chi connectivity index (χ1v) is 18.9. The summed E-state index contributed by atoms with van der Waals surface area (Å²) < 4.78 is 19.4. The fourth-order valence-electron chi connectivity index (χ4n) is 4.09. The molecule has 152 valence electrons. The van der Waals surface area contributed by atoms with Crippen LogP contribution >= 0.6 is 0 Å². The van der Waals surface area contributed by atoms with Crippen molar-refractivity contribution in [1.29, 1.82) is 0 Å². The molecular formula is C22H34O3Si3. The summed E-state index contributed by atoms with van der Waals surface area (Å²) in [4.78, 5) is 0. The van der Waals surface area contributed by atoms with Gasteiger partial charge >= 0.3 is 8.32 Å². The van der Waals surface area contributed by atoms with Gasteiger partial charge in [-0.25, -0.2) is 0 Å². The lowest BCUT2D eigenvalue weighted by Gasteiger charge is -2.49. The van der Waals surface area contributed by atoms with Gasteiger partial charge in [0.15, 0.2) is 7.11 Å². The van der Waals surface area contributed by atoms with E-state index >= 15 is 0 Å². The predicted octanol–water partition coefficient (Wildman–Crippen LogP) is 3.89. The molecule has 0 spiro atoms. The highest BCUT2D eigenvalue weighted by Gasteiger charge is 2.68. The van der Waals surface area contributed by atoms with E-state index in [4.69, 9.17) is 13.3 Å². The quantitative estimate of drug-likeness (QED) is 0.506. The second kappa shape index (κ2) is 9.96. The van der Waals surface area contributed by atoms with Crippen LogP contribution in [0.15, 0.2) is 72.9 Å². The Morgan fingerprint density at radius 2 is 1.07 bits per heavy atom. The van der Waals surface area contributed by atoms with Crippen molar-refractivity contribution in [1.82, 2.24) is 0 Å². The van der Waals surface area contributed by atoms with E-state index in [0.29, 0.717) is 19.8 Å². The first kappa shape index (κ1) is 23.0. The Bertz CT molecular complexity index is 683. The Morgan fingerprint density at radius 3 is 1.36 bits per heavy atom. The zero-order chi connectivity index (χ0) is 20.7. The molecule has 0 N–H and O–H groups in total. The molecule has 2 rings (SSSR count). The van der Waals surface area contributed by atoms with Gasteiger partial charge in [-0.05, 0) is 20.8 Å². The molecule has 0 amide bonds. The minimum Gasteiger partial charge on any atom is -0.377 e. The van der Waals surface area contributed by atoms with Gasteiger partial charge in [0.25, 0.3) is 0 Å². The van der Waals surface area contributed by atoms with Gasteiger partial charge in [0.05, 0.1) is 0 Å². The maximum atomic E-state index is 6.48. The summed E-state index contributed by atoms with van der Waals surface area (Å²) in [5.74, 6) is 0. The summed E-state index contributed by atoms with van der Waals surface area (Å²) in [6, 6.07) is 21.7. The van der Waals surface area contributed by atoms with E-state index in [2.05, 4.69) is 86.0 Å². The Balaban J connectivity index is 2.85. The molecule has 0 heterocycles. The largest absolute Gasteiger partial charge is 0.472 e. The van der Waals surface area contributed by atoms with Crippen LogP contribution in [-0.4, -0.2) is 42.8 Å². The number of hydrogen-bond donors (Lipinski definition) is 0. The zero-order valence-electron chi connectivity index (χ0n) is 17.9. The number of hydrogen-bond acceptors (Lipinski definition) is 3. The Hall–Kier alpha value is -1.29. The molecule has 0 radical (unpaired) electrons. The van der Waals surface area contributed by atoms with Crippen LogP contribution < -0.4 is 10.4 Å². The first-order chi connectivity index (χ1) is 13.5. The van der Waals surface area contributed by atoms with E-state index in [-0.39, 0.29) is 0 Å². The van der Waals surface area contributed by atoms with E-state index < -0.39 is 23.0 Å². The lowest BCUT2D eigenvalue weighted by molar-refractivity contribution is 0.0915. The van der Waals surface area contributed by atoms with Gasteiger partial charge in [-0.2, -0.15) is 0 Å².